The van der Waals surface area contributed by atoms with Crippen LogP contribution >= 0.6 is 0 Å². The Hall–Kier alpha value is -1.06. The third-order valence-corrected chi connectivity index (χ3v) is 1.47. The zero-order chi connectivity index (χ0) is 8.91. The van der Waals surface area contributed by atoms with E-state index in [4.69, 9.17) is 0 Å². The number of carbonyl (C=O) groups is 2. The summed E-state index contributed by atoms with van der Waals surface area (Å²) in [5, 5.41) is 4.98. The number of rotatable bonds is 4. The maximum Gasteiger partial charge on any atom is 0.227 e. The van der Waals surface area contributed by atoms with Gasteiger partial charge in [0.1, 0.15) is 0 Å². The van der Waals surface area contributed by atoms with Gasteiger partial charge in [0.2, 0.25) is 12.3 Å². The molecule has 0 fully saturated rings. The van der Waals surface area contributed by atoms with Gasteiger partial charge >= 0.3 is 0 Å². The Kier molecular flexibility index (Phi) is 3.57. The fraction of sp³-hybridized carbons (Fsp3) is 0.714. The van der Waals surface area contributed by atoms with Gasteiger partial charge in [0.25, 0.3) is 0 Å². The molecule has 0 spiro atoms. The van der Waals surface area contributed by atoms with E-state index >= 15 is 0 Å². The van der Waals surface area contributed by atoms with Crippen LogP contribution in [-0.4, -0.2) is 25.9 Å². The van der Waals surface area contributed by atoms with Gasteiger partial charge in [-0.15, -0.1) is 0 Å². The first kappa shape index (κ1) is 9.94. The van der Waals surface area contributed by atoms with Crippen LogP contribution < -0.4 is 10.6 Å². The van der Waals surface area contributed by atoms with Gasteiger partial charge in [-0.1, -0.05) is 0 Å². The molecule has 0 aromatic rings. The predicted molar refractivity (Wildman–Crippen MR) is 41.9 cm³/mol. The molecule has 2 N–H and O–H groups in total. The second-order valence-electron chi connectivity index (χ2n) is 2.96. The van der Waals surface area contributed by atoms with Crippen LogP contribution in [0.4, 0.5) is 0 Å². The number of carbonyl (C=O) groups excluding carboxylic acids is 2. The molecular formula is C7H14N2O2. The van der Waals surface area contributed by atoms with Crippen molar-refractivity contribution in [2.24, 2.45) is 5.41 Å². The molecule has 0 aromatic carbocycles. The van der Waals surface area contributed by atoms with Crippen molar-refractivity contribution >= 4 is 12.3 Å². The van der Waals surface area contributed by atoms with Gasteiger partial charge in [0.15, 0.2) is 0 Å². The topological polar surface area (TPSA) is 58.2 Å². The lowest BCUT2D eigenvalue weighted by Crippen LogP contribution is -2.41. The molecule has 0 aliphatic carbocycles. The molecule has 0 saturated carbocycles. The average molecular weight is 158 g/mol. The lowest BCUT2D eigenvalue weighted by molar-refractivity contribution is -0.128. The highest BCUT2D eigenvalue weighted by Crippen LogP contribution is 2.12. The molecule has 11 heavy (non-hydrogen) atoms. The van der Waals surface area contributed by atoms with Crippen LogP contribution in [0, 0.1) is 5.41 Å². The molecule has 2 amide bonds. The summed E-state index contributed by atoms with van der Waals surface area (Å²) in [4.78, 5) is 21.0. The minimum absolute atomic E-state index is 0.0770. The highest BCUT2D eigenvalue weighted by Gasteiger charge is 2.25. The summed E-state index contributed by atoms with van der Waals surface area (Å²) < 4.78 is 0. The van der Waals surface area contributed by atoms with Gasteiger partial charge in [0, 0.05) is 13.6 Å². The summed E-state index contributed by atoms with van der Waals surface area (Å²) in [5.74, 6) is -0.0770. The molecule has 4 heteroatoms. The molecule has 4 nitrogen and oxygen atoms in total. The highest BCUT2D eigenvalue weighted by molar-refractivity contribution is 5.81. The van der Waals surface area contributed by atoms with Crippen LogP contribution in [0.25, 0.3) is 0 Å². The summed E-state index contributed by atoms with van der Waals surface area (Å²) in [5.41, 5.74) is -0.532. The smallest absolute Gasteiger partial charge is 0.227 e. The normalized spacial score (nSPS) is 10.5. The van der Waals surface area contributed by atoms with Gasteiger partial charge in [-0.05, 0) is 13.8 Å². The predicted octanol–water partition coefficient (Wildman–Crippen LogP) is -0.495. The van der Waals surface area contributed by atoms with Crippen molar-refractivity contribution in [1.82, 2.24) is 10.6 Å². The van der Waals surface area contributed by atoms with E-state index in [2.05, 4.69) is 10.6 Å². The summed E-state index contributed by atoms with van der Waals surface area (Å²) in [7, 11) is 1.57. The quantitative estimate of drug-likeness (QED) is 0.542. The van der Waals surface area contributed by atoms with Crippen LogP contribution in [0.1, 0.15) is 13.8 Å². The van der Waals surface area contributed by atoms with Gasteiger partial charge in [-0.3, -0.25) is 9.59 Å². The number of hydrogen-bond acceptors (Lipinski definition) is 2. The van der Waals surface area contributed by atoms with E-state index in [1.54, 1.807) is 20.9 Å². The van der Waals surface area contributed by atoms with Gasteiger partial charge < -0.3 is 10.6 Å². The molecule has 0 aromatic heterocycles. The number of amides is 2. The van der Waals surface area contributed by atoms with E-state index in [0.29, 0.717) is 13.0 Å². The first-order valence-corrected chi connectivity index (χ1v) is 3.44. The molecule has 0 radical (unpaired) electrons. The Morgan fingerprint density at radius 2 is 2.09 bits per heavy atom. The van der Waals surface area contributed by atoms with Gasteiger partial charge in [-0.25, -0.2) is 0 Å². The second-order valence-corrected chi connectivity index (χ2v) is 2.96. The molecule has 0 atom stereocenters. The van der Waals surface area contributed by atoms with Gasteiger partial charge in [-0.2, -0.15) is 0 Å². The monoisotopic (exact) mass is 158 g/mol. The van der Waals surface area contributed by atoms with E-state index in [1.165, 1.54) is 0 Å². The summed E-state index contributed by atoms with van der Waals surface area (Å²) in [6.45, 7) is 3.89. The Morgan fingerprint density at radius 1 is 1.55 bits per heavy atom. The van der Waals surface area contributed by atoms with E-state index in [1.807, 2.05) is 0 Å². The number of hydrogen-bond donors (Lipinski definition) is 2. The minimum atomic E-state index is -0.532. The molecule has 0 unspecified atom stereocenters. The Labute approximate surface area is 66.4 Å². The fourth-order valence-electron chi connectivity index (χ4n) is 0.715. The van der Waals surface area contributed by atoms with Gasteiger partial charge in [0.05, 0.1) is 5.41 Å². The van der Waals surface area contributed by atoms with E-state index in [0.717, 1.165) is 0 Å². The highest BCUT2D eigenvalue weighted by atomic mass is 16.2. The molecule has 0 aliphatic heterocycles. The zero-order valence-corrected chi connectivity index (χ0v) is 7.10. The van der Waals surface area contributed by atoms with E-state index < -0.39 is 5.41 Å². The fourth-order valence-corrected chi connectivity index (χ4v) is 0.715. The Bertz CT molecular complexity index is 155. The van der Waals surface area contributed by atoms with Crippen LogP contribution in [-0.2, 0) is 9.59 Å². The average Bonchev–Trinajstić information content (AvgIpc) is 1.99. The zero-order valence-electron chi connectivity index (χ0n) is 7.10. The van der Waals surface area contributed by atoms with Crippen molar-refractivity contribution in [1.29, 1.82) is 0 Å². The Balaban J connectivity index is 3.97. The summed E-state index contributed by atoms with van der Waals surface area (Å²) in [6, 6.07) is 0. The van der Waals surface area contributed by atoms with Crippen LogP contribution in [0.2, 0.25) is 0 Å². The van der Waals surface area contributed by atoms with Crippen molar-refractivity contribution in [2.75, 3.05) is 13.6 Å². The van der Waals surface area contributed by atoms with Crippen molar-refractivity contribution in [3.05, 3.63) is 0 Å². The summed E-state index contributed by atoms with van der Waals surface area (Å²) >= 11 is 0. The minimum Gasteiger partial charge on any atom is -0.359 e. The first-order valence-electron chi connectivity index (χ1n) is 3.44. The lowest BCUT2D eigenvalue weighted by Gasteiger charge is -2.21. The SMILES string of the molecule is CNC(=O)C(C)(C)CNC=O. The van der Waals surface area contributed by atoms with Crippen LogP contribution in [0.15, 0.2) is 0 Å². The third-order valence-electron chi connectivity index (χ3n) is 1.47. The third kappa shape index (κ3) is 3.02. The standard InChI is InChI=1S/C7H14N2O2/c1-7(2,4-9-5-10)6(11)8-3/h5H,4H2,1-3H3,(H,8,11)(H,9,10). The van der Waals surface area contributed by atoms with E-state index in [9.17, 15) is 9.59 Å². The lowest BCUT2D eigenvalue weighted by atomic mass is 9.92. The molecular weight excluding hydrogens is 144 g/mol. The largest absolute Gasteiger partial charge is 0.359 e. The Morgan fingerprint density at radius 3 is 2.45 bits per heavy atom. The second kappa shape index (κ2) is 3.95. The molecule has 0 bridgehead atoms. The molecule has 0 heterocycles. The number of nitrogens with one attached hydrogen (secondary N) is 2. The molecule has 64 valence electrons. The van der Waals surface area contributed by atoms with Crippen LogP contribution in [0.5, 0.6) is 0 Å². The van der Waals surface area contributed by atoms with E-state index in [-0.39, 0.29) is 5.91 Å². The van der Waals surface area contributed by atoms with Crippen molar-refractivity contribution in [3.8, 4) is 0 Å². The molecule has 0 saturated heterocycles. The first-order chi connectivity index (χ1) is 5.04. The summed E-state index contributed by atoms with van der Waals surface area (Å²) in [6.07, 6.45) is 0.588. The maximum absolute atomic E-state index is 11.1. The van der Waals surface area contributed by atoms with Crippen molar-refractivity contribution < 1.29 is 9.59 Å². The van der Waals surface area contributed by atoms with Crippen molar-refractivity contribution in [3.63, 3.8) is 0 Å². The maximum atomic E-state index is 11.1. The van der Waals surface area contributed by atoms with Crippen LogP contribution in [0.3, 0.4) is 0 Å². The molecule has 0 aliphatic rings. The molecule has 0 rings (SSSR count). The van der Waals surface area contributed by atoms with Crippen molar-refractivity contribution in [2.45, 2.75) is 13.8 Å².